The lowest BCUT2D eigenvalue weighted by molar-refractivity contribution is 0.981. The molecule has 0 saturated carbocycles. The van der Waals surface area contributed by atoms with Crippen molar-refractivity contribution in [3.8, 4) is 0 Å². The van der Waals surface area contributed by atoms with E-state index in [0.717, 1.165) is 23.6 Å². The lowest BCUT2D eigenvalue weighted by Crippen LogP contribution is -1.89. The summed E-state index contributed by atoms with van der Waals surface area (Å²) < 4.78 is 0. The molecule has 0 fully saturated rings. The number of fused-ring (bicyclic) bond motifs is 1. The number of aliphatic imine (C=N–C) groups is 1. The van der Waals surface area contributed by atoms with Crippen LogP contribution in [-0.2, 0) is 6.42 Å². The van der Waals surface area contributed by atoms with Gasteiger partial charge < -0.3 is 4.98 Å². The molecule has 0 radical (unpaired) electrons. The Morgan fingerprint density at radius 2 is 1.85 bits per heavy atom. The van der Waals surface area contributed by atoms with Crippen LogP contribution in [0.2, 0.25) is 5.02 Å². The predicted octanol–water partition coefficient (Wildman–Crippen LogP) is 4.48. The van der Waals surface area contributed by atoms with Gasteiger partial charge in [0.15, 0.2) is 0 Å². The van der Waals surface area contributed by atoms with Gasteiger partial charge in [-0.25, -0.2) is 0 Å². The monoisotopic (exact) mass is 282 g/mol. The van der Waals surface area contributed by atoms with Crippen molar-refractivity contribution in [3.63, 3.8) is 0 Å². The standard InChI is InChI=1S/C17H15ClN2/c18-15-7-5-13(6-8-15)11-19-10-9-14-12-20-17-4-2-1-3-16(14)17/h1-8,11-12,20H,9-10H2. The first kappa shape index (κ1) is 12.9. The third-order valence-corrected chi connectivity index (χ3v) is 3.55. The summed E-state index contributed by atoms with van der Waals surface area (Å²) in [5.74, 6) is 0. The Hall–Kier alpha value is -2.06. The molecule has 1 aromatic heterocycles. The number of hydrogen-bond acceptors (Lipinski definition) is 1. The molecule has 3 rings (SSSR count). The number of benzene rings is 2. The van der Waals surface area contributed by atoms with Crippen LogP contribution < -0.4 is 0 Å². The Balaban J connectivity index is 1.64. The zero-order valence-corrected chi connectivity index (χ0v) is 11.8. The number of rotatable bonds is 4. The maximum atomic E-state index is 5.85. The van der Waals surface area contributed by atoms with E-state index in [2.05, 4.69) is 34.4 Å². The summed E-state index contributed by atoms with van der Waals surface area (Å²) in [4.78, 5) is 7.76. The molecule has 0 aliphatic rings. The number of H-pyrrole nitrogens is 1. The molecular weight excluding hydrogens is 268 g/mol. The highest BCUT2D eigenvalue weighted by Crippen LogP contribution is 2.18. The molecule has 0 unspecified atom stereocenters. The molecule has 1 N–H and O–H groups in total. The van der Waals surface area contributed by atoms with Crippen LogP contribution >= 0.6 is 11.6 Å². The van der Waals surface area contributed by atoms with Gasteiger partial charge in [-0.3, -0.25) is 4.99 Å². The summed E-state index contributed by atoms with van der Waals surface area (Å²) in [7, 11) is 0. The van der Waals surface area contributed by atoms with Crippen molar-refractivity contribution in [1.29, 1.82) is 0 Å². The highest BCUT2D eigenvalue weighted by atomic mass is 35.5. The summed E-state index contributed by atoms with van der Waals surface area (Å²) >= 11 is 5.85. The van der Waals surface area contributed by atoms with E-state index in [4.69, 9.17) is 11.6 Å². The molecule has 0 amide bonds. The highest BCUT2D eigenvalue weighted by Gasteiger charge is 2.01. The second-order valence-electron chi connectivity index (χ2n) is 4.70. The maximum Gasteiger partial charge on any atom is 0.0456 e. The van der Waals surface area contributed by atoms with E-state index in [1.54, 1.807) is 0 Å². The van der Waals surface area contributed by atoms with E-state index in [1.807, 2.05) is 36.5 Å². The molecular formula is C17H15ClN2. The van der Waals surface area contributed by atoms with Crippen LogP contribution in [-0.4, -0.2) is 17.7 Å². The number of nitrogens with zero attached hydrogens (tertiary/aromatic N) is 1. The van der Waals surface area contributed by atoms with Crippen LogP contribution in [0.3, 0.4) is 0 Å². The minimum absolute atomic E-state index is 0.751. The molecule has 100 valence electrons. The third kappa shape index (κ3) is 2.91. The molecule has 1 heterocycles. The van der Waals surface area contributed by atoms with Crippen molar-refractivity contribution in [1.82, 2.24) is 4.98 Å². The minimum atomic E-state index is 0.751. The Bertz CT molecular complexity index is 726. The second-order valence-corrected chi connectivity index (χ2v) is 5.13. The Kier molecular flexibility index (Phi) is 3.84. The van der Waals surface area contributed by atoms with E-state index in [-0.39, 0.29) is 0 Å². The lowest BCUT2D eigenvalue weighted by Gasteiger charge is -1.96. The second kappa shape index (κ2) is 5.93. The summed E-state index contributed by atoms with van der Waals surface area (Å²) in [6.07, 6.45) is 4.90. The van der Waals surface area contributed by atoms with Crippen molar-refractivity contribution in [2.75, 3.05) is 6.54 Å². The van der Waals surface area contributed by atoms with Gasteiger partial charge in [0.25, 0.3) is 0 Å². The van der Waals surface area contributed by atoms with Crippen molar-refractivity contribution in [2.45, 2.75) is 6.42 Å². The van der Waals surface area contributed by atoms with Gasteiger partial charge in [-0.1, -0.05) is 41.9 Å². The molecule has 2 nitrogen and oxygen atoms in total. The zero-order valence-electron chi connectivity index (χ0n) is 11.0. The molecule has 0 spiro atoms. The fourth-order valence-corrected chi connectivity index (χ4v) is 2.37. The van der Waals surface area contributed by atoms with Crippen LogP contribution in [0.4, 0.5) is 0 Å². The highest BCUT2D eigenvalue weighted by molar-refractivity contribution is 6.30. The lowest BCUT2D eigenvalue weighted by atomic mass is 10.1. The van der Waals surface area contributed by atoms with Crippen molar-refractivity contribution in [2.24, 2.45) is 4.99 Å². The van der Waals surface area contributed by atoms with Crippen LogP contribution in [0, 0.1) is 0 Å². The van der Waals surface area contributed by atoms with Gasteiger partial charge in [-0.15, -0.1) is 0 Å². The first-order valence-corrected chi connectivity index (χ1v) is 7.01. The first-order valence-electron chi connectivity index (χ1n) is 6.63. The number of hydrogen-bond donors (Lipinski definition) is 1. The largest absolute Gasteiger partial charge is 0.361 e. The molecule has 3 aromatic rings. The van der Waals surface area contributed by atoms with E-state index in [1.165, 1.54) is 16.5 Å². The Morgan fingerprint density at radius 3 is 2.70 bits per heavy atom. The van der Waals surface area contributed by atoms with E-state index >= 15 is 0 Å². The van der Waals surface area contributed by atoms with E-state index < -0.39 is 0 Å². The zero-order chi connectivity index (χ0) is 13.8. The van der Waals surface area contributed by atoms with Crippen LogP contribution in [0.5, 0.6) is 0 Å². The third-order valence-electron chi connectivity index (χ3n) is 3.30. The van der Waals surface area contributed by atoms with Gasteiger partial charge in [0.1, 0.15) is 0 Å². The van der Waals surface area contributed by atoms with Crippen LogP contribution in [0.1, 0.15) is 11.1 Å². The van der Waals surface area contributed by atoms with Gasteiger partial charge in [0.2, 0.25) is 0 Å². The fraction of sp³-hybridized carbons (Fsp3) is 0.118. The molecule has 0 atom stereocenters. The fourth-order valence-electron chi connectivity index (χ4n) is 2.24. The molecule has 0 saturated heterocycles. The quantitative estimate of drug-likeness (QED) is 0.683. The van der Waals surface area contributed by atoms with E-state index in [0.29, 0.717) is 0 Å². The van der Waals surface area contributed by atoms with Crippen molar-refractivity contribution < 1.29 is 0 Å². The molecule has 2 aromatic carbocycles. The SMILES string of the molecule is Clc1ccc(C=NCCc2c[nH]c3ccccc23)cc1. The number of nitrogens with one attached hydrogen (secondary N) is 1. The number of para-hydroxylation sites is 1. The molecule has 0 aliphatic carbocycles. The van der Waals surface area contributed by atoms with Crippen molar-refractivity contribution in [3.05, 3.63) is 70.9 Å². The summed E-state index contributed by atoms with van der Waals surface area (Å²) in [6.45, 7) is 0.782. The molecule has 3 heteroatoms. The Labute approximate surface area is 123 Å². The smallest absolute Gasteiger partial charge is 0.0456 e. The maximum absolute atomic E-state index is 5.85. The van der Waals surface area contributed by atoms with Gasteiger partial charge >= 0.3 is 0 Å². The van der Waals surface area contributed by atoms with Gasteiger partial charge in [-0.05, 0) is 35.7 Å². The van der Waals surface area contributed by atoms with Crippen LogP contribution in [0.25, 0.3) is 10.9 Å². The van der Waals surface area contributed by atoms with Gasteiger partial charge in [0.05, 0.1) is 0 Å². The average molecular weight is 283 g/mol. The topological polar surface area (TPSA) is 28.1 Å². The van der Waals surface area contributed by atoms with Crippen molar-refractivity contribution >= 4 is 28.7 Å². The first-order chi connectivity index (χ1) is 9.83. The van der Waals surface area contributed by atoms with Crippen LogP contribution in [0.15, 0.2) is 59.7 Å². The van der Waals surface area contributed by atoms with Gasteiger partial charge in [-0.2, -0.15) is 0 Å². The summed E-state index contributed by atoms with van der Waals surface area (Å²) in [5, 5.41) is 2.04. The average Bonchev–Trinajstić information content (AvgIpc) is 2.89. The van der Waals surface area contributed by atoms with E-state index in [9.17, 15) is 0 Å². The number of aromatic nitrogens is 1. The molecule has 0 bridgehead atoms. The molecule has 0 aliphatic heterocycles. The summed E-state index contributed by atoms with van der Waals surface area (Å²) in [5.41, 5.74) is 3.58. The van der Waals surface area contributed by atoms with Gasteiger partial charge in [0, 0.05) is 34.9 Å². The Morgan fingerprint density at radius 1 is 1.05 bits per heavy atom. The molecule has 20 heavy (non-hydrogen) atoms. The summed E-state index contributed by atoms with van der Waals surface area (Å²) in [6, 6.07) is 16.0. The predicted molar refractivity (Wildman–Crippen MR) is 85.9 cm³/mol. The number of halogens is 1. The number of aromatic amines is 1. The normalized spacial score (nSPS) is 11.4. The minimum Gasteiger partial charge on any atom is -0.361 e.